The largest absolute Gasteiger partial charge is 0.453 e. The van der Waals surface area contributed by atoms with Gasteiger partial charge in [0.2, 0.25) is 5.91 Å². The number of thiophene rings is 1. The number of aliphatic hydroxyl groups is 1. The normalized spacial score (nSPS) is 14.2. The molecule has 1 amide bonds. The van der Waals surface area contributed by atoms with Crippen molar-refractivity contribution in [3.63, 3.8) is 0 Å². The number of hydrogen-bond donors (Lipinski definition) is 4. The van der Waals surface area contributed by atoms with Crippen LogP contribution in [0.1, 0.15) is 18.4 Å². The number of aromatic nitrogens is 2. The molecule has 0 aliphatic heterocycles. The number of nitrogens with zero attached hydrogens (tertiary/aromatic N) is 2. The molecule has 9 nitrogen and oxygen atoms in total. The molecule has 0 bridgehead atoms. The van der Waals surface area contributed by atoms with Gasteiger partial charge in [-0.05, 0) is 66.9 Å². The van der Waals surface area contributed by atoms with Gasteiger partial charge in [0.25, 0.3) is 0 Å². The first-order chi connectivity index (χ1) is 21.8. The Morgan fingerprint density at radius 1 is 1.02 bits per heavy atom. The van der Waals surface area contributed by atoms with E-state index in [1.165, 1.54) is 47.7 Å². The van der Waals surface area contributed by atoms with Crippen molar-refractivity contribution >= 4 is 38.8 Å². The molecule has 0 saturated heterocycles. The van der Waals surface area contributed by atoms with Gasteiger partial charge < -0.3 is 30.5 Å². The van der Waals surface area contributed by atoms with E-state index in [0.29, 0.717) is 42.9 Å². The Hall–Kier alpha value is -4.49. The predicted molar refractivity (Wildman–Crippen MR) is 169 cm³/mol. The number of nitrogens with one attached hydrogen (secondary N) is 3. The van der Waals surface area contributed by atoms with Crippen LogP contribution in [0.15, 0.2) is 79.1 Å². The summed E-state index contributed by atoms with van der Waals surface area (Å²) in [5.74, 6) is -1.08. The van der Waals surface area contributed by atoms with E-state index in [-0.39, 0.29) is 11.4 Å². The molecule has 1 aliphatic rings. The van der Waals surface area contributed by atoms with Crippen LogP contribution in [-0.4, -0.2) is 47.5 Å². The Balaban J connectivity index is 1.12. The van der Waals surface area contributed by atoms with Crippen molar-refractivity contribution < 1.29 is 28.2 Å². The Bertz CT molecular complexity index is 1800. The fraction of sp³-hybridized carbons (Fsp3) is 0.242. The standard InChI is InChI=1S/C33H31F2N5O4S/c1-43-15-14-36-18-20-2-8-25(38-19-20)29-17-26-30(45-29)28(10-13-37-26)44-27-9-7-23(16-24(27)35)40-32(42)33(11-12-33)31(41)39-22-5-3-21(34)4-6-22/h2-10,13,16-17,19,31,36,39,41H,11-12,14-15,18H2,1H3,(H,40,42). The number of carbonyl (C=O) groups is 1. The summed E-state index contributed by atoms with van der Waals surface area (Å²) in [4.78, 5) is 23.0. The van der Waals surface area contributed by atoms with Gasteiger partial charge in [-0.2, -0.15) is 0 Å². The van der Waals surface area contributed by atoms with Gasteiger partial charge >= 0.3 is 0 Å². The van der Waals surface area contributed by atoms with Gasteiger partial charge in [-0.3, -0.25) is 14.8 Å². The van der Waals surface area contributed by atoms with Crippen molar-refractivity contribution in [2.75, 3.05) is 30.9 Å². The lowest BCUT2D eigenvalue weighted by atomic mass is 10.0. The first-order valence-corrected chi connectivity index (χ1v) is 15.2. The third kappa shape index (κ3) is 6.94. The summed E-state index contributed by atoms with van der Waals surface area (Å²) >= 11 is 1.45. The second kappa shape index (κ2) is 13.2. The molecular formula is C33H31F2N5O4S. The van der Waals surface area contributed by atoms with Crippen molar-refractivity contribution in [2.24, 2.45) is 5.41 Å². The summed E-state index contributed by atoms with van der Waals surface area (Å²) in [6.07, 6.45) is 3.13. The fourth-order valence-electron chi connectivity index (χ4n) is 4.84. The number of aliphatic hydroxyl groups excluding tert-OH is 1. The maximum Gasteiger partial charge on any atom is 0.235 e. The number of fused-ring (bicyclic) bond motifs is 1. The van der Waals surface area contributed by atoms with E-state index in [2.05, 4.69) is 25.9 Å². The minimum absolute atomic E-state index is 0.0157. The number of hydrogen-bond acceptors (Lipinski definition) is 9. The Kier molecular flexibility index (Phi) is 8.99. The second-order valence-electron chi connectivity index (χ2n) is 10.8. The van der Waals surface area contributed by atoms with Crippen LogP contribution < -0.4 is 20.7 Å². The quantitative estimate of drug-likeness (QED) is 0.0882. The lowest BCUT2D eigenvalue weighted by Gasteiger charge is -2.23. The summed E-state index contributed by atoms with van der Waals surface area (Å²) in [7, 11) is 1.67. The van der Waals surface area contributed by atoms with Gasteiger partial charge in [-0.25, -0.2) is 8.78 Å². The van der Waals surface area contributed by atoms with Crippen molar-refractivity contribution in [2.45, 2.75) is 25.6 Å². The fourth-order valence-corrected chi connectivity index (χ4v) is 5.88. The molecule has 12 heteroatoms. The first-order valence-electron chi connectivity index (χ1n) is 14.4. The van der Waals surface area contributed by atoms with Crippen LogP contribution in [-0.2, 0) is 16.1 Å². The molecule has 1 saturated carbocycles. The second-order valence-corrected chi connectivity index (χ2v) is 11.8. The van der Waals surface area contributed by atoms with E-state index in [4.69, 9.17) is 9.47 Å². The Morgan fingerprint density at radius 3 is 2.53 bits per heavy atom. The SMILES string of the molecule is COCCNCc1ccc(-c2cc3nccc(Oc4ccc(NC(=O)C5(C(O)Nc6ccc(F)cc6)CC5)cc4F)c3s2)nc1. The smallest absolute Gasteiger partial charge is 0.235 e. The van der Waals surface area contributed by atoms with E-state index in [9.17, 15) is 14.3 Å². The average molecular weight is 632 g/mol. The third-order valence-corrected chi connectivity index (χ3v) is 8.75. The highest BCUT2D eigenvalue weighted by Gasteiger charge is 2.55. The van der Waals surface area contributed by atoms with Crippen LogP contribution in [0.2, 0.25) is 0 Å². The average Bonchev–Trinajstić information content (AvgIpc) is 3.75. The molecule has 0 spiro atoms. The topological polar surface area (TPSA) is 118 Å². The minimum atomic E-state index is -1.20. The summed E-state index contributed by atoms with van der Waals surface area (Å²) < 4.78 is 40.2. The molecule has 4 N–H and O–H groups in total. The summed E-state index contributed by atoms with van der Waals surface area (Å²) in [5, 5.41) is 19.6. The summed E-state index contributed by atoms with van der Waals surface area (Å²) in [5.41, 5.74) is 2.18. The first kappa shape index (κ1) is 30.5. The number of benzene rings is 2. The summed E-state index contributed by atoms with van der Waals surface area (Å²) in [6, 6.07) is 17.2. The summed E-state index contributed by atoms with van der Waals surface area (Å²) in [6.45, 7) is 2.08. The van der Waals surface area contributed by atoms with Crippen LogP contribution in [0.5, 0.6) is 11.5 Å². The highest BCUT2D eigenvalue weighted by molar-refractivity contribution is 7.22. The zero-order chi connectivity index (χ0) is 31.4. The molecule has 45 heavy (non-hydrogen) atoms. The van der Waals surface area contributed by atoms with Crippen molar-refractivity contribution in [1.82, 2.24) is 15.3 Å². The lowest BCUT2D eigenvalue weighted by Crippen LogP contribution is -2.39. The maximum absolute atomic E-state index is 15.2. The van der Waals surface area contributed by atoms with E-state index in [0.717, 1.165) is 27.4 Å². The molecule has 6 rings (SSSR count). The highest BCUT2D eigenvalue weighted by Crippen LogP contribution is 2.50. The monoisotopic (exact) mass is 631 g/mol. The number of amides is 1. The van der Waals surface area contributed by atoms with Gasteiger partial charge in [0.1, 0.15) is 17.8 Å². The zero-order valence-corrected chi connectivity index (χ0v) is 25.2. The molecule has 232 valence electrons. The molecule has 1 atom stereocenters. The van der Waals surface area contributed by atoms with Gasteiger partial charge in [0.15, 0.2) is 11.6 Å². The molecule has 0 radical (unpaired) electrons. The van der Waals surface area contributed by atoms with Gasteiger partial charge in [0.05, 0.1) is 32.8 Å². The van der Waals surface area contributed by atoms with E-state index in [1.807, 2.05) is 24.4 Å². The number of methoxy groups -OCH3 is 1. The number of ether oxygens (including phenoxy) is 2. The minimum Gasteiger partial charge on any atom is -0.453 e. The zero-order valence-electron chi connectivity index (χ0n) is 24.3. The number of pyridine rings is 2. The number of anilines is 2. The maximum atomic E-state index is 15.2. The predicted octanol–water partition coefficient (Wildman–Crippen LogP) is 6.31. The van der Waals surface area contributed by atoms with Crippen LogP contribution in [0.4, 0.5) is 20.2 Å². The lowest BCUT2D eigenvalue weighted by molar-refractivity contribution is -0.124. The Labute approximate surface area is 262 Å². The molecule has 1 aliphatic carbocycles. The molecule has 1 unspecified atom stereocenters. The highest BCUT2D eigenvalue weighted by atomic mass is 32.1. The van der Waals surface area contributed by atoms with Crippen LogP contribution in [0.3, 0.4) is 0 Å². The Morgan fingerprint density at radius 2 is 1.82 bits per heavy atom. The number of halogens is 2. The molecule has 5 aromatic rings. The van der Waals surface area contributed by atoms with E-state index < -0.39 is 29.2 Å². The molecule has 2 aromatic carbocycles. The van der Waals surface area contributed by atoms with E-state index >= 15 is 4.39 Å². The molecule has 3 heterocycles. The molecule has 1 fully saturated rings. The molecule has 3 aromatic heterocycles. The van der Waals surface area contributed by atoms with Crippen molar-refractivity contribution in [3.05, 3.63) is 96.3 Å². The van der Waals surface area contributed by atoms with E-state index in [1.54, 1.807) is 25.4 Å². The van der Waals surface area contributed by atoms with Gasteiger partial charge in [0, 0.05) is 56.1 Å². The van der Waals surface area contributed by atoms with Crippen LogP contribution >= 0.6 is 11.3 Å². The van der Waals surface area contributed by atoms with Crippen molar-refractivity contribution in [3.8, 4) is 22.1 Å². The number of carbonyl (C=O) groups excluding carboxylic acids is 1. The molecular weight excluding hydrogens is 600 g/mol. The third-order valence-electron chi connectivity index (χ3n) is 7.59. The van der Waals surface area contributed by atoms with Crippen LogP contribution in [0, 0.1) is 17.0 Å². The van der Waals surface area contributed by atoms with Crippen LogP contribution in [0.25, 0.3) is 20.8 Å². The van der Waals surface area contributed by atoms with Gasteiger partial charge in [-0.1, -0.05) is 6.07 Å². The van der Waals surface area contributed by atoms with Crippen molar-refractivity contribution in [1.29, 1.82) is 0 Å². The number of rotatable bonds is 13. The van der Waals surface area contributed by atoms with Gasteiger partial charge in [-0.15, -0.1) is 11.3 Å².